The van der Waals surface area contributed by atoms with Gasteiger partial charge >= 0.3 is 0 Å². The van der Waals surface area contributed by atoms with Gasteiger partial charge in [0.05, 0.1) is 12.9 Å². The Balaban J connectivity index is 1.49. The minimum atomic E-state index is -0.0374. The second-order valence-corrected chi connectivity index (χ2v) is 9.03. The molecule has 4 rings (SSSR count). The van der Waals surface area contributed by atoms with E-state index in [1.165, 1.54) is 23.1 Å². The zero-order valence-corrected chi connectivity index (χ0v) is 18.8. The number of benzene rings is 2. The van der Waals surface area contributed by atoms with Crippen molar-refractivity contribution in [1.29, 1.82) is 0 Å². The largest absolute Gasteiger partial charge is 0.497 e. The molecule has 2 aromatic carbocycles. The fourth-order valence-corrected chi connectivity index (χ4v) is 4.92. The highest BCUT2D eigenvalue weighted by Gasteiger charge is 2.19. The fraction of sp³-hybridized carbons (Fsp3) is 0.227. The number of nitrogens with zero attached hydrogens (tertiary/aromatic N) is 2. The van der Waals surface area contributed by atoms with Crippen LogP contribution in [0, 0.1) is 0 Å². The topological polar surface area (TPSA) is 91.9 Å². The summed E-state index contributed by atoms with van der Waals surface area (Å²) in [6, 6.07) is 16.2. The van der Waals surface area contributed by atoms with E-state index < -0.39 is 0 Å². The van der Waals surface area contributed by atoms with E-state index in [4.69, 9.17) is 4.74 Å². The Kier molecular flexibility index (Phi) is 6.73. The molecular formula is C22H23N5O2S2. The van der Waals surface area contributed by atoms with Crippen molar-refractivity contribution in [3.63, 3.8) is 0 Å². The van der Waals surface area contributed by atoms with Gasteiger partial charge in [-0.05, 0) is 29.3 Å². The Hall–Kier alpha value is -3.04. The van der Waals surface area contributed by atoms with E-state index in [9.17, 15) is 4.79 Å². The smallest absolute Gasteiger partial charge is 0.230 e. The number of rotatable bonds is 9. The molecule has 0 aliphatic rings. The number of ether oxygens (including phenoxy) is 1. The quantitative estimate of drug-likeness (QED) is 0.330. The molecule has 2 heterocycles. The van der Waals surface area contributed by atoms with Crippen LogP contribution in [-0.2, 0) is 4.79 Å². The molecule has 0 aliphatic carbocycles. The van der Waals surface area contributed by atoms with Gasteiger partial charge in [0.25, 0.3) is 0 Å². The van der Waals surface area contributed by atoms with Crippen molar-refractivity contribution >= 4 is 45.0 Å². The number of H-pyrrole nitrogens is 1. The molecule has 0 bridgehead atoms. The first-order valence-electron chi connectivity index (χ1n) is 9.78. The van der Waals surface area contributed by atoms with Gasteiger partial charge in [0, 0.05) is 36.6 Å². The van der Waals surface area contributed by atoms with Crippen molar-refractivity contribution in [3.05, 3.63) is 65.9 Å². The Bertz CT molecular complexity index is 1160. The number of amides is 1. The lowest BCUT2D eigenvalue weighted by atomic mass is 9.91. The van der Waals surface area contributed by atoms with E-state index in [1.807, 2.05) is 42.6 Å². The van der Waals surface area contributed by atoms with Crippen LogP contribution >= 0.6 is 23.1 Å². The summed E-state index contributed by atoms with van der Waals surface area (Å²) < 4.78 is 6.07. The summed E-state index contributed by atoms with van der Waals surface area (Å²) in [7, 11) is 3.45. The zero-order valence-electron chi connectivity index (χ0n) is 17.2. The van der Waals surface area contributed by atoms with Crippen LogP contribution in [0.3, 0.4) is 0 Å². The van der Waals surface area contributed by atoms with Crippen molar-refractivity contribution in [1.82, 2.24) is 20.5 Å². The molecule has 1 atom stereocenters. The molecule has 4 aromatic rings. The summed E-state index contributed by atoms with van der Waals surface area (Å²) in [4.78, 5) is 15.9. The molecule has 9 heteroatoms. The van der Waals surface area contributed by atoms with E-state index >= 15 is 0 Å². The molecule has 0 spiro atoms. The predicted molar refractivity (Wildman–Crippen MR) is 126 cm³/mol. The first-order valence-corrected chi connectivity index (χ1v) is 11.6. The van der Waals surface area contributed by atoms with Crippen LogP contribution < -0.4 is 15.4 Å². The molecule has 1 unspecified atom stereocenters. The van der Waals surface area contributed by atoms with E-state index in [-0.39, 0.29) is 11.8 Å². The first kappa shape index (κ1) is 21.2. The second-order valence-electron chi connectivity index (χ2n) is 6.83. The highest BCUT2D eigenvalue weighted by Crippen LogP contribution is 2.31. The molecule has 2 aromatic heterocycles. The van der Waals surface area contributed by atoms with E-state index in [0.29, 0.717) is 12.3 Å². The maximum atomic E-state index is 12.5. The van der Waals surface area contributed by atoms with Crippen molar-refractivity contribution in [2.75, 3.05) is 31.8 Å². The van der Waals surface area contributed by atoms with E-state index in [2.05, 4.69) is 37.9 Å². The number of carbonyl (C=O) groups excluding carboxylic acids is 1. The number of aromatic amines is 1. The van der Waals surface area contributed by atoms with Gasteiger partial charge in [0.1, 0.15) is 5.75 Å². The fourth-order valence-electron chi connectivity index (χ4n) is 3.39. The SMILES string of the molecule is CNc1nnc(SCC(=O)NCC(c2ccc(OC)cc2)c2c[nH]c3ccccc23)s1. The zero-order chi connectivity index (χ0) is 21.6. The Morgan fingerprint density at radius 3 is 2.74 bits per heavy atom. The van der Waals surface area contributed by atoms with Crippen LogP contribution in [0.25, 0.3) is 10.9 Å². The minimum absolute atomic E-state index is 0.00781. The number of hydrogen-bond acceptors (Lipinski definition) is 7. The van der Waals surface area contributed by atoms with Crippen molar-refractivity contribution in [3.8, 4) is 5.75 Å². The molecule has 0 saturated heterocycles. The van der Waals surface area contributed by atoms with Gasteiger partial charge in [-0.15, -0.1) is 10.2 Å². The van der Waals surface area contributed by atoms with E-state index in [1.54, 1.807) is 14.2 Å². The highest BCUT2D eigenvalue weighted by atomic mass is 32.2. The van der Waals surface area contributed by atoms with Crippen LogP contribution in [0.2, 0.25) is 0 Å². The van der Waals surface area contributed by atoms with Gasteiger partial charge < -0.3 is 20.4 Å². The predicted octanol–water partition coefficient (Wildman–Crippen LogP) is 4.11. The average Bonchev–Trinajstić information content (AvgIpc) is 3.45. The average molecular weight is 454 g/mol. The highest BCUT2D eigenvalue weighted by molar-refractivity contribution is 8.01. The summed E-state index contributed by atoms with van der Waals surface area (Å²) in [5, 5.41) is 16.0. The number of methoxy groups -OCH3 is 1. The Morgan fingerprint density at radius 1 is 1.19 bits per heavy atom. The van der Waals surface area contributed by atoms with Gasteiger partial charge in [-0.1, -0.05) is 53.4 Å². The number of anilines is 1. The lowest BCUT2D eigenvalue weighted by Gasteiger charge is -2.18. The van der Waals surface area contributed by atoms with Gasteiger partial charge in [-0.2, -0.15) is 0 Å². The molecule has 160 valence electrons. The molecule has 0 aliphatic heterocycles. The van der Waals surface area contributed by atoms with Crippen LogP contribution in [0.1, 0.15) is 17.0 Å². The van der Waals surface area contributed by atoms with E-state index in [0.717, 1.165) is 37.3 Å². The number of para-hydroxylation sites is 1. The summed E-state index contributed by atoms with van der Waals surface area (Å²) in [6.45, 7) is 0.492. The maximum Gasteiger partial charge on any atom is 0.230 e. The van der Waals surface area contributed by atoms with Crippen molar-refractivity contribution in [2.24, 2.45) is 0 Å². The Labute approximate surface area is 188 Å². The third-order valence-electron chi connectivity index (χ3n) is 4.97. The molecule has 1 amide bonds. The normalized spacial score (nSPS) is 11.9. The second kappa shape index (κ2) is 9.84. The van der Waals surface area contributed by atoms with Crippen molar-refractivity contribution < 1.29 is 9.53 Å². The summed E-state index contributed by atoms with van der Waals surface area (Å²) in [6.07, 6.45) is 2.03. The van der Waals surface area contributed by atoms with Crippen LogP contribution in [-0.4, -0.2) is 47.5 Å². The van der Waals surface area contributed by atoms with Gasteiger partial charge in [-0.3, -0.25) is 4.79 Å². The molecule has 0 fully saturated rings. The van der Waals surface area contributed by atoms with Gasteiger partial charge in [0.2, 0.25) is 11.0 Å². The maximum absolute atomic E-state index is 12.5. The van der Waals surface area contributed by atoms with Crippen LogP contribution in [0.4, 0.5) is 5.13 Å². The molecule has 31 heavy (non-hydrogen) atoms. The van der Waals surface area contributed by atoms with Crippen molar-refractivity contribution in [2.45, 2.75) is 10.3 Å². The monoisotopic (exact) mass is 453 g/mol. The lowest BCUT2D eigenvalue weighted by molar-refractivity contribution is -0.118. The minimum Gasteiger partial charge on any atom is -0.497 e. The third-order valence-corrected chi connectivity index (χ3v) is 7.04. The summed E-state index contributed by atoms with van der Waals surface area (Å²) in [5.74, 6) is 1.07. The molecule has 7 nitrogen and oxygen atoms in total. The standard InChI is InChI=1S/C22H23N5O2S2/c1-23-21-26-27-22(31-21)30-13-20(28)25-11-17(14-7-9-15(29-2)10-8-14)18-12-24-19-6-4-3-5-16(18)19/h3-10,12,17,24H,11,13H2,1-2H3,(H,23,26)(H,25,28). The first-order chi connectivity index (χ1) is 15.2. The number of carbonyl (C=O) groups is 1. The lowest BCUT2D eigenvalue weighted by Crippen LogP contribution is -2.30. The number of nitrogens with one attached hydrogen (secondary N) is 3. The van der Waals surface area contributed by atoms with Crippen LogP contribution in [0.5, 0.6) is 5.75 Å². The summed E-state index contributed by atoms with van der Waals surface area (Å²) >= 11 is 2.82. The molecule has 0 radical (unpaired) electrons. The number of fused-ring (bicyclic) bond motifs is 1. The summed E-state index contributed by atoms with van der Waals surface area (Å²) in [5.41, 5.74) is 3.34. The van der Waals surface area contributed by atoms with Gasteiger partial charge in [0.15, 0.2) is 4.34 Å². The van der Waals surface area contributed by atoms with Gasteiger partial charge in [-0.25, -0.2) is 0 Å². The Morgan fingerprint density at radius 2 is 2.00 bits per heavy atom. The van der Waals surface area contributed by atoms with Crippen LogP contribution in [0.15, 0.2) is 59.1 Å². The molecular weight excluding hydrogens is 430 g/mol. The number of aromatic nitrogens is 3. The molecule has 0 saturated carbocycles. The third kappa shape index (κ3) is 5.00. The number of thioether (sulfide) groups is 1. The number of hydrogen-bond donors (Lipinski definition) is 3. The molecule has 3 N–H and O–H groups in total.